The van der Waals surface area contributed by atoms with Crippen molar-refractivity contribution in [3.05, 3.63) is 30.2 Å². The van der Waals surface area contributed by atoms with Gasteiger partial charge >= 0.3 is 5.97 Å². The zero-order chi connectivity index (χ0) is 14.3. The fourth-order valence-electron chi connectivity index (χ4n) is 1.40. The first-order valence-corrected chi connectivity index (χ1v) is 5.86. The average Bonchev–Trinajstić information content (AvgIpc) is 2.83. The summed E-state index contributed by atoms with van der Waals surface area (Å²) in [5.74, 6) is -0.824. The van der Waals surface area contributed by atoms with Crippen LogP contribution in [0.5, 0.6) is 0 Å². The van der Waals surface area contributed by atoms with Crippen LogP contribution in [-0.4, -0.2) is 60.5 Å². The Labute approximate surface area is 111 Å². The molecule has 104 valence electrons. The molecule has 0 unspecified atom stereocenters. The van der Waals surface area contributed by atoms with Gasteiger partial charge in [-0.05, 0) is 32.3 Å². The van der Waals surface area contributed by atoms with Gasteiger partial charge in [0.25, 0.3) is 0 Å². The van der Waals surface area contributed by atoms with E-state index in [1.165, 1.54) is 23.3 Å². The molecule has 0 saturated heterocycles. The number of carbonyl (C=O) groups is 2. The molecule has 1 aromatic heterocycles. The highest BCUT2D eigenvalue weighted by atomic mass is 16.4. The SMILES string of the molecule is CN(C)CCN(CC(=O)O)C(=O)/C=C/c1ccco1. The van der Waals surface area contributed by atoms with Gasteiger partial charge in [0.05, 0.1) is 6.26 Å². The summed E-state index contributed by atoms with van der Waals surface area (Å²) in [6, 6.07) is 3.43. The Morgan fingerprint density at radius 3 is 2.63 bits per heavy atom. The smallest absolute Gasteiger partial charge is 0.323 e. The highest BCUT2D eigenvalue weighted by Crippen LogP contribution is 2.03. The van der Waals surface area contributed by atoms with Crippen LogP contribution in [0.2, 0.25) is 0 Å². The van der Waals surface area contributed by atoms with Gasteiger partial charge < -0.3 is 19.3 Å². The largest absolute Gasteiger partial charge is 0.480 e. The fraction of sp³-hybridized carbons (Fsp3) is 0.385. The van der Waals surface area contributed by atoms with Crippen LogP contribution < -0.4 is 0 Å². The second-order valence-electron chi connectivity index (χ2n) is 4.31. The second kappa shape index (κ2) is 7.38. The number of carboxylic acid groups (broad SMARTS) is 1. The molecule has 0 spiro atoms. The highest BCUT2D eigenvalue weighted by Gasteiger charge is 2.14. The van der Waals surface area contributed by atoms with Crippen LogP contribution in [0, 0.1) is 0 Å². The quantitative estimate of drug-likeness (QED) is 0.738. The van der Waals surface area contributed by atoms with Gasteiger partial charge in [-0.3, -0.25) is 9.59 Å². The monoisotopic (exact) mass is 266 g/mol. The number of hydrogen-bond donors (Lipinski definition) is 1. The van der Waals surface area contributed by atoms with Crippen molar-refractivity contribution in [2.75, 3.05) is 33.7 Å². The van der Waals surface area contributed by atoms with Crippen molar-refractivity contribution in [1.29, 1.82) is 0 Å². The number of amides is 1. The van der Waals surface area contributed by atoms with E-state index in [2.05, 4.69) is 0 Å². The third-order valence-electron chi connectivity index (χ3n) is 2.39. The molecule has 1 amide bonds. The minimum absolute atomic E-state index is 0.310. The molecule has 0 aliphatic rings. The summed E-state index contributed by atoms with van der Waals surface area (Å²) in [6.07, 6.45) is 4.34. The van der Waals surface area contributed by atoms with Crippen molar-refractivity contribution in [3.63, 3.8) is 0 Å². The summed E-state index contributed by atoms with van der Waals surface area (Å²) in [6.45, 7) is 0.656. The normalized spacial score (nSPS) is 11.1. The zero-order valence-electron chi connectivity index (χ0n) is 11.1. The molecule has 1 N–H and O–H groups in total. The van der Waals surface area contributed by atoms with Gasteiger partial charge in [0.2, 0.25) is 5.91 Å². The van der Waals surface area contributed by atoms with Gasteiger partial charge in [-0.2, -0.15) is 0 Å². The van der Waals surface area contributed by atoms with Gasteiger partial charge in [0.1, 0.15) is 12.3 Å². The molecule has 1 aromatic rings. The number of aliphatic carboxylic acids is 1. The summed E-state index contributed by atoms with van der Waals surface area (Å²) in [5.41, 5.74) is 0. The summed E-state index contributed by atoms with van der Waals surface area (Å²) >= 11 is 0. The second-order valence-corrected chi connectivity index (χ2v) is 4.31. The minimum atomic E-state index is -1.03. The molecule has 0 aromatic carbocycles. The Morgan fingerprint density at radius 1 is 1.37 bits per heavy atom. The number of hydrogen-bond acceptors (Lipinski definition) is 4. The Morgan fingerprint density at radius 2 is 2.11 bits per heavy atom. The predicted molar refractivity (Wildman–Crippen MR) is 70.5 cm³/mol. The maximum Gasteiger partial charge on any atom is 0.323 e. The standard InChI is InChI=1S/C13H18N2O4/c1-14(2)7-8-15(10-13(17)18)12(16)6-5-11-4-3-9-19-11/h3-6,9H,7-8,10H2,1-2H3,(H,17,18)/b6-5+. The van der Waals surface area contributed by atoms with E-state index in [0.717, 1.165) is 0 Å². The third-order valence-corrected chi connectivity index (χ3v) is 2.39. The first-order valence-electron chi connectivity index (χ1n) is 5.86. The van der Waals surface area contributed by atoms with E-state index < -0.39 is 5.97 Å². The molecule has 0 aliphatic carbocycles. The van der Waals surface area contributed by atoms with Crippen molar-refractivity contribution in [2.45, 2.75) is 0 Å². The third kappa shape index (κ3) is 5.87. The number of furan rings is 1. The van der Waals surface area contributed by atoms with Crippen LogP contribution in [0.15, 0.2) is 28.9 Å². The van der Waals surface area contributed by atoms with E-state index in [4.69, 9.17) is 9.52 Å². The van der Waals surface area contributed by atoms with Gasteiger partial charge in [-0.25, -0.2) is 0 Å². The molecule has 0 bridgehead atoms. The molecule has 0 aliphatic heterocycles. The van der Waals surface area contributed by atoms with Crippen LogP contribution in [0.3, 0.4) is 0 Å². The number of rotatable bonds is 7. The van der Waals surface area contributed by atoms with E-state index >= 15 is 0 Å². The molecule has 0 saturated carbocycles. The average molecular weight is 266 g/mol. The van der Waals surface area contributed by atoms with Crippen molar-refractivity contribution >= 4 is 18.0 Å². The highest BCUT2D eigenvalue weighted by molar-refractivity contribution is 5.93. The van der Waals surface area contributed by atoms with Crippen molar-refractivity contribution in [2.24, 2.45) is 0 Å². The van der Waals surface area contributed by atoms with Crippen LogP contribution in [0.1, 0.15) is 5.76 Å². The molecule has 0 radical (unpaired) electrons. The molecule has 1 heterocycles. The Kier molecular flexibility index (Phi) is 5.81. The van der Waals surface area contributed by atoms with Crippen molar-refractivity contribution in [3.8, 4) is 0 Å². The molecule has 19 heavy (non-hydrogen) atoms. The number of carbonyl (C=O) groups excluding carboxylic acids is 1. The summed E-state index contributed by atoms with van der Waals surface area (Å²) in [7, 11) is 3.73. The van der Waals surface area contributed by atoms with E-state index in [1.54, 1.807) is 12.1 Å². The van der Waals surface area contributed by atoms with Gasteiger partial charge in [-0.15, -0.1) is 0 Å². The van der Waals surface area contributed by atoms with Crippen molar-refractivity contribution < 1.29 is 19.1 Å². The lowest BCUT2D eigenvalue weighted by Gasteiger charge is -2.21. The Balaban J connectivity index is 2.62. The number of carboxylic acids is 1. The Bertz CT molecular complexity index is 438. The van der Waals surface area contributed by atoms with Crippen LogP contribution in [0.4, 0.5) is 0 Å². The van der Waals surface area contributed by atoms with Gasteiger partial charge in [-0.1, -0.05) is 0 Å². The molecule has 6 heteroatoms. The lowest BCUT2D eigenvalue weighted by molar-refractivity contribution is -0.142. The maximum atomic E-state index is 11.9. The summed E-state index contributed by atoms with van der Waals surface area (Å²) in [5, 5.41) is 8.80. The van der Waals surface area contributed by atoms with E-state index in [9.17, 15) is 9.59 Å². The minimum Gasteiger partial charge on any atom is -0.480 e. The lowest BCUT2D eigenvalue weighted by atomic mass is 10.3. The molecule has 0 atom stereocenters. The summed E-state index contributed by atoms with van der Waals surface area (Å²) in [4.78, 5) is 25.8. The zero-order valence-corrected chi connectivity index (χ0v) is 11.1. The van der Waals surface area contributed by atoms with Crippen LogP contribution in [0.25, 0.3) is 6.08 Å². The number of likely N-dealkylation sites (N-methyl/N-ethyl adjacent to an activating group) is 1. The van der Waals surface area contributed by atoms with E-state index in [-0.39, 0.29) is 12.5 Å². The topological polar surface area (TPSA) is 74.0 Å². The first-order chi connectivity index (χ1) is 8.99. The van der Waals surface area contributed by atoms with Crippen molar-refractivity contribution in [1.82, 2.24) is 9.80 Å². The van der Waals surface area contributed by atoms with Gasteiger partial charge in [0.15, 0.2) is 0 Å². The lowest BCUT2D eigenvalue weighted by Crippen LogP contribution is -2.39. The van der Waals surface area contributed by atoms with Gasteiger partial charge in [0, 0.05) is 19.2 Å². The predicted octanol–water partition coefficient (Wildman–Crippen LogP) is 0.768. The molecule has 1 rings (SSSR count). The summed E-state index contributed by atoms with van der Waals surface area (Å²) < 4.78 is 5.06. The molecule has 6 nitrogen and oxygen atoms in total. The van der Waals surface area contributed by atoms with Crippen LogP contribution >= 0.6 is 0 Å². The Hall–Kier alpha value is -2.08. The molecular weight excluding hydrogens is 248 g/mol. The van der Waals surface area contributed by atoms with Crippen LogP contribution in [-0.2, 0) is 9.59 Å². The first kappa shape index (κ1) is 15.0. The van der Waals surface area contributed by atoms with E-state index in [1.807, 2.05) is 19.0 Å². The fourth-order valence-corrected chi connectivity index (χ4v) is 1.40. The molecule has 0 fully saturated rings. The number of nitrogens with zero attached hydrogens (tertiary/aromatic N) is 2. The maximum absolute atomic E-state index is 11.9. The van der Waals surface area contributed by atoms with E-state index in [0.29, 0.717) is 18.8 Å². The molecular formula is C13H18N2O4.